The zero-order chi connectivity index (χ0) is 22.2. The molecule has 2 aromatic heterocycles. The summed E-state index contributed by atoms with van der Waals surface area (Å²) in [6.07, 6.45) is 4.50. The van der Waals surface area contributed by atoms with Crippen LogP contribution < -0.4 is 10.1 Å². The Morgan fingerprint density at radius 2 is 1.91 bits per heavy atom. The van der Waals surface area contributed by atoms with Gasteiger partial charge >= 0.3 is 0 Å². The van der Waals surface area contributed by atoms with Crippen LogP contribution in [0.1, 0.15) is 16.9 Å². The van der Waals surface area contributed by atoms with Crippen LogP contribution in [0.2, 0.25) is 0 Å². The summed E-state index contributed by atoms with van der Waals surface area (Å²) in [4.78, 5) is 13.6. The third kappa shape index (κ3) is 5.26. The molecule has 0 saturated carbocycles. The lowest BCUT2D eigenvalue weighted by molar-refractivity contribution is -0.117. The summed E-state index contributed by atoms with van der Waals surface area (Å²) in [5.74, 6) is 0.495. The van der Waals surface area contributed by atoms with Crippen molar-refractivity contribution in [3.8, 4) is 11.8 Å². The largest absolute Gasteiger partial charge is 0.494 e. The summed E-state index contributed by atoms with van der Waals surface area (Å²) in [6, 6.07) is 23.7. The fourth-order valence-corrected chi connectivity index (χ4v) is 4.14. The van der Waals surface area contributed by atoms with Crippen molar-refractivity contribution in [1.82, 2.24) is 9.88 Å². The van der Waals surface area contributed by atoms with E-state index in [2.05, 4.69) is 9.88 Å². The smallest absolute Gasteiger partial charge is 0.262 e. The van der Waals surface area contributed by atoms with Crippen LogP contribution in [0.4, 0.5) is 0 Å². The molecule has 0 bridgehead atoms. The van der Waals surface area contributed by atoms with Gasteiger partial charge in [0, 0.05) is 34.1 Å². The third-order valence-corrected chi connectivity index (χ3v) is 5.92. The van der Waals surface area contributed by atoms with Gasteiger partial charge in [-0.05, 0) is 42.1 Å². The molecule has 0 unspecified atom stereocenters. The van der Waals surface area contributed by atoms with Gasteiger partial charge in [0.1, 0.15) is 17.4 Å². The Bertz CT molecular complexity index is 1250. The summed E-state index contributed by atoms with van der Waals surface area (Å²) in [6.45, 7) is 1.79. The second-order valence-electron chi connectivity index (χ2n) is 7.24. The average Bonchev–Trinajstić information content (AvgIpc) is 3.48. The lowest BCUT2D eigenvalue weighted by Gasteiger charge is -2.07. The van der Waals surface area contributed by atoms with Crippen LogP contribution in [0.3, 0.4) is 0 Å². The number of aromatic nitrogens is 1. The van der Waals surface area contributed by atoms with Gasteiger partial charge in [-0.3, -0.25) is 4.79 Å². The van der Waals surface area contributed by atoms with E-state index >= 15 is 0 Å². The van der Waals surface area contributed by atoms with Crippen molar-refractivity contribution in [2.45, 2.75) is 19.5 Å². The average molecular weight is 442 g/mol. The van der Waals surface area contributed by atoms with E-state index in [0.29, 0.717) is 13.2 Å². The number of hydrogen-bond acceptors (Lipinski definition) is 4. The predicted molar refractivity (Wildman–Crippen MR) is 128 cm³/mol. The van der Waals surface area contributed by atoms with E-state index in [4.69, 9.17) is 4.74 Å². The van der Waals surface area contributed by atoms with Crippen molar-refractivity contribution < 1.29 is 9.53 Å². The molecule has 0 spiro atoms. The minimum atomic E-state index is -0.367. The third-order valence-electron chi connectivity index (χ3n) is 5.04. The van der Waals surface area contributed by atoms with Crippen LogP contribution in [0.5, 0.6) is 5.75 Å². The lowest BCUT2D eigenvalue weighted by Crippen LogP contribution is -2.23. The number of ether oxygens (including phenoxy) is 1. The fraction of sp³-hybridized carbons (Fsp3) is 0.154. The number of nitriles is 1. The van der Waals surface area contributed by atoms with E-state index in [1.165, 1.54) is 0 Å². The molecular formula is C26H23N3O2S. The molecule has 0 radical (unpaired) electrons. The molecule has 0 fully saturated rings. The second-order valence-corrected chi connectivity index (χ2v) is 8.27. The SMILES string of the molecule is N#C/C(=C\c1cn(CCCOc2ccccc2)c2ccccc12)C(=O)NCc1cccs1. The number of carbonyl (C=O) groups is 1. The first-order chi connectivity index (χ1) is 15.7. The van der Waals surface area contributed by atoms with E-state index in [9.17, 15) is 10.1 Å². The fourth-order valence-electron chi connectivity index (χ4n) is 3.50. The van der Waals surface area contributed by atoms with Gasteiger partial charge in [0.15, 0.2) is 0 Å². The quantitative estimate of drug-likeness (QED) is 0.215. The maximum Gasteiger partial charge on any atom is 0.262 e. The van der Waals surface area contributed by atoms with E-state index in [0.717, 1.165) is 40.1 Å². The number of nitrogens with one attached hydrogen (secondary N) is 1. The maximum absolute atomic E-state index is 12.5. The monoisotopic (exact) mass is 441 g/mol. The molecule has 6 heteroatoms. The zero-order valence-electron chi connectivity index (χ0n) is 17.5. The van der Waals surface area contributed by atoms with Gasteiger partial charge in [0.2, 0.25) is 0 Å². The highest BCUT2D eigenvalue weighted by Crippen LogP contribution is 2.24. The Balaban J connectivity index is 1.47. The molecule has 2 heterocycles. The van der Waals surface area contributed by atoms with Crippen molar-refractivity contribution in [2.24, 2.45) is 0 Å². The number of rotatable bonds is 9. The topological polar surface area (TPSA) is 67.0 Å². The highest BCUT2D eigenvalue weighted by molar-refractivity contribution is 7.09. The van der Waals surface area contributed by atoms with Gasteiger partial charge in [-0.1, -0.05) is 42.5 Å². The van der Waals surface area contributed by atoms with Crippen LogP contribution >= 0.6 is 11.3 Å². The maximum atomic E-state index is 12.5. The normalized spacial score (nSPS) is 11.3. The molecule has 0 aliphatic carbocycles. The minimum Gasteiger partial charge on any atom is -0.494 e. The molecule has 1 N–H and O–H groups in total. The number of nitrogens with zero attached hydrogens (tertiary/aromatic N) is 2. The van der Waals surface area contributed by atoms with Gasteiger partial charge in [-0.25, -0.2) is 0 Å². The van der Waals surface area contributed by atoms with Crippen molar-refractivity contribution in [3.63, 3.8) is 0 Å². The summed E-state index contributed by atoms with van der Waals surface area (Å²) in [7, 11) is 0. The standard InChI is InChI=1S/C26H23N3O2S/c27-17-20(26(30)28-18-23-10-6-15-32-23)16-21-19-29(25-12-5-4-11-24(21)25)13-7-14-31-22-8-2-1-3-9-22/h1-6,8-12,15-16,19H,7,13-14,18H2,(H,28,30)/b20-16+. The molecule has 0 atom stereocenters. The van der Waals surface area contributed by atoms with Gasteiger partial charge in [0.05, 0.1) is 13.2 Å². The summed E-state index contributed by atoms with van der Waals surface area (Å²) < 4.78 is 7.94. The Labute approximate surface area is 191 Å². The Kier molecular flexibility index (Phi) is 7.01. The highest BCUT2D eigenvalue weighted by Gasteiger charge is 2.12. The van der Waals surface area contributed by atoms with Crippen LogP contribution in [0, 0.1) is 11.3 Å². The van der Waals surface area contributed by atoms with Gasteiger partial charge < -0.3 is 14.6 Å². The van der Waals surface area contributed by atoms with Crippen LogP contribution in [0.15, 0.2) is 83.9 Å². The Hall–Kier alpha value is -3.82. The summed E-state index contributed by atoms with van der Waals surface area (Å²) in [5, 5.41) is 15.4. The summed E-state index contributed by atoms with van der Waals surface area (Å²) >= 11 is 1.57. The molecule has 0 aliphatic heterocycles. The molecule has 32 heavy (non-hydrogen) atoms. The molecule has 4 rings (SSSR count). The number of amides is 1. The molecule has 0 saturated heterocycles. The first-order valence-electron chi connectivity index (χ1n) is 10.4. The molecule has 0 aliphatic rings. The number of aryl methyl sites for hydroxylation is 1. The van der Waals surface area contributed by atoms with Gasteiger partial charge in [0.25, 0.3) is 5.91 Å². The zero-order valence-corrected chi connectivity index (χ0v) is 18.3. The Morgan fingerprint density at radius 1 is 1.09 bits per heavy atom. The van der Waals surface area contributed by atoms with E-state index < -0.39 is 0 Å². The van der Waals surface area contributed by atoms with Crippen molar-refractivity contribution in [1.29, 1.82) is 5.26 Å². The van der Waals surface area contributed by atoms with E-state index in [-0.39, 0.29) is 11.5 Å². The lowest BCUT2D eigenvalue weighted by atomic mass is 10.1. The Morgan fingerprint density at radius 3 is 2.69 bits per heavy atom. The molecule has 5 nitrogen and oxygen atoms in total. The van der Waals surface area contributed by atoms with Gasteiger partial charge in [-0.2, -0.15) is 5.26 Å². The molecule has 2 aromatic carbocycles. The van der Waals surface area contributed by atoms with Crippen molar-refractivity contribution in [3.05, 3.63) is 94.3 Å². The molecule has 160 valence electrons. The number of benzene rings is 2. The number of hydrogen-bond donors (Lipinski definition) is 1. The van der Waals surface area contributed by atoms with Crippen LogP contribution in [-0.4, -0.2) is 17.1 Å². The van der Waals surface area contributed by atoms with Crippen molar-refractivity contribution >= 4 is 34.2 Å². The van der Waals surface area contributed by atoms with Crippen LogP contribution in [0.25, 0.3) is 17.0 Å². The van der Waals surface area contributed by atoms with E-state index in [1.54, 1.807) is 17.4 Å². The molecule has 4 aromatic rings. The molecule has 1 amide bonds. The van der Waals surface area contributed by atoms with Crippen LogP contribution in [-0.2, 0) is 17.9 Å². The predicted octanol–water partition coefficient (Wildman–Crippen LogP) is 5.40. The van der Waals surface area contributed by atoms with Gasteiger partial charge in [-0.15, -0.1) is 11.3 Å². The molecular weight excluding hydrogens is 418 g/mol. The summed E-state index contributed by atoms with van der Waals surface area (Å²) in [5.41, 5.74) is 2.01. The van der Waals surface area contributed by atoms with Crippen molar-refractivity contribution in [2.75, 3.05) is 6.61 Å². The number of fused-ring (bicyclic) bond motifs is 1. The minimum absolute atomic E-state index is 0.0943. The van der Waals surface area contributed by atoms with E-state index in [1.807, 2.05) is 84.4 Å². The number of carbonyl (C=O) groups excluding carboxylic acids is 1. The second kappa shape index (κ2) is 10.5. The number of thiophene rings is 1. The number of para-hydroxylation sites is 2. The first kappa shape index (κ1) is 21.4. The first-order valence-corrected chi connectivity index (χ1v) is 11.3. The highest BCUT2D eigenvalue weighted by atomic mass is 32.1.